The van der Waals surface area contributed by atoms with Gasteiger partial charge in [-0.3, -0.25) is 0 Å². The van der Waals surface area contributed by atoms with Gasteiger partial charge in [0.1, 0.15) is 11.6 Å². The maximum Gasteiger partial charge on any atom is 0.343 e. The fourth-order valence-electron chi connectivity index (χ4n) is 2.68. The van der Waals surface area contributed by atoms with Crippen molar-refractivity contribution in [2.45, 2.75) is 19.8 Å². The second kappa shape index (κ2) is 8.33. The summed E-state index contributed by atoms with van der Waals surface area (Å²) in [5.41, 5.74) is 3.79. The molecule has 0 atom stereocenters. The molecule has 0 amide bonds. The molecule has 134 valence electrons. The smallest absolute Gasteiger partial charge is 0.343 e. The van der Waals surface area contributed by atoms with Crippen LogP contribution in [0, 0.1) is 25.1 Å². The lowest BCUT2D eigenvalue weighted by atomic mass is 10.0. The molecular weight excluding hydrogens is 339 g/mol. The second-order valence-electron chi connectivity index (χ2n) is 6.28. The molecule has 3 heteroatoms. The van der Waals surface area contributed by atoms with Crippen LogP contribution in [0.15, 0.2) is 66.7 Å². The van der Waals surface area contributed by atoms with Crippen LogP contribution in [-0.4, -0.2) is 5.97 Å². The predicted molar refractivity (Wildman–Crippen MR) is 105 cm³/mol. The van der Waals surface area contributed by atoms with Crippen molar-refractivity contribution in [2.24, 2.45) is 0 Å². The van der Waals surface area contributed by atoms with Crippen LogP contribution in [0.5, 0.6) is 5.75 Å². The molecule has 3 aromatic carbocycles. The van der Waals surface area contributed by atoms with E-state index >= 15 is 0 Å². The molecule has 0 bridgehead atoms. The van der Waals surface area contributed by atoms with E-state index in [1.54, 1.807) is 49.4 Å². The van der Waals surface area contributed by atoms with Crippen molar-refractivity contribution in [3.05, 3.63) is 89.2 Å². The number of rotatable bonds is 5. The van der Waals surface area contributed by atoms with Crippen molar-refractivity contribution in [1.82, 2.24) is 0 Å². The summed E-state index contributed by atoms with van der Waals surface area (Å²) in [4.78, 5) is 12.3. The molecular formula is C24H19FO2. The molecule has 27 heavy (non-hydrogen) atoms. The largest absolute Gasteiger partial charge is 0.423 e. The lowest BCUT2D eigenvalue weighted by Crippen LogP contribution is -2.08. The number of ether oxygens (including phenoxy) is 1. The first-order valence-corrected chi connectivity index (χ1v) is 8.68. The Morgan fingerprint density at radius 1 is 1.00 bits per heavy atom. The van der Waals surface area contributed by atoms with Crippen LogP contribution in [0.2, 0.25) is 0 Å². The van der Waals surface area contributed by atoms with Crippen LogP contribution in [0.25, 0.3) is 11.1 Å². The van der Waals surface area contributed by atoms with Crippen molar-refractivity contribution in [1.29, 1.82) is 0 Å². The van der Waals surface area contributed by atoms with Gasteiger partial charge in [0.25, 0.3) is 0 Å². The first kappa shape index (κ1) is 18.4. The van der Waals surface area contributed by atoms with Gasteiger partial charge in [-0.15, -0.1) is 12.3 Å². The Morgan fingerprint density at radius 3 is 2.30 bits per heavy atom. The van der Waals surface area contributed by atoms with Gasteiger partial charge < -0.3 is 4.74 Å². The summed E-state index contributed by atoms with van der Waals surface area (Å²) in [7, 11) is 0. The maximum atomic E-state index is 13.7. The summed E-state index contributed by atoms with van der Waals surface area (Å²) in [5, 5.41) is 0. The molecule has 0 aromatic heterocycles. The molecule has 0 aliphatic heterocycles. The lowest BCUT2D eigenvalue weighted by Gasteiger charge is -2.07. The van der Waals surface area contributed by atoms with E-state index < -0.39 is 5.97 Å². The van der Waals surface area contributed by atoms with Gasteiger partial charge >= 0.3 is 5.97 Å². The number of hydrogen-bond donors (Lipinski definition) is 0. The molecule has 0 spiro atoms. The van der Waals surface area contributed by atoms with Gasteiger partial charge in [-0.2, -0.15) is 0 Å². The Balaban J connectivity index is 1.68. The normalized spacial score (nSPS) is 10.3. The van der Waals surface area contributed by atoms with E-state index in [1.807, 2.05) is 18.2 Å². The third kappa shape index (κ3) is 4.62. The first-order valence-electron chi connectivity index (χ1n) is 8.68. The Labute approximate surface area is 158 Å². The van der Waals surface area contributed by atoms with E-state index in [0.29, 0.717) is 23.3 Å². The summed E-state index contributed by atoms with van der Waals surface area (Å²) in [5.74, 6) is 2.37. The molecule has 0 saturated carbocycles. The number of terminal acetylenes is 1. The third-order valence-electron chi connectivity index (χ3n) is 4.32. The Kier molecular flexibility index (Phi) is 5.68. The number of halogens is 1. The Hall–Kier alpha value is -3.38. The minimum absolute atomic E-state index is 0.242. The summed E-state index contributed by atoms with van der Waals surface area (Å²) < 4.78 is 19.1. The van der Waals surface area contributed by atoms with Crippen LogP contribution in [-0.2, 0) is 6.42 Å². The monoisotopic (exact) mass is 358 g/mol. The molecule has 0 saturated heterocycles. The molecule has 2 nitrogen and oxygen atoms in total. The zero-order valence-corrected chi connectivity index (χ0v) is 15.0. The van der Waals surface area contributed by atoms with Crippen LogP contribution < -0.4 is 4.74 Å². The van der Waals surface area contributed by atoms with Gasteiger partial charge in [-0.25, -0.2) is 9.18 Å². The zero-order valence-electron chi connectivity index (χ0n) is 15.0. The zero-order chi connectivity index (χ0) is 19.2. The number of carbonyl (C=O) groups is 1. The highest BCUT2D eigenvalue weighted by atomic mass is 19.1. The minimum Gasteiger partial charge on any atom is -0.423 e. The summed E-state index contributed by atoms with van der Waals surface area (Å²) >= 11 is 0. The molecule has 0 radical (unpaired) electrons. The van der Waals surface area contributed by atoms with Crippen molar-refractivity contribution < 1.29 is 13.9 Å². The molecule has 0 N–H and O–H groups in total. The van der Waals surface area contributed by atoms with Crippen LogP contribution >= 0.6 is 0 Å². The van der Waals surface area contributed by atoms with Crippen molar-refractivity contribution >= 4 is 5.97 Å². The van der Waals surface area contributed by atoms with Gasteiger partial charge in [-0.05, 0) is 65.9 Å². The van der Waals surface area contributed by atoms with E-state index in [9.17, 15) is 9.18 Å². The summed E-state index contributed by atoms with van der Waals surface area (Å²) in [6.45, 7) is 1.73. The predicted octanol–water partition coefficient (Wildman–Crippen LogP) is 5.59. The number of hydrogen-bond acceptors (Lipinski definition) is 2. The van der Waals surface area contributed by atoms with Crippen LogP contribution in [0.3, 0.4) is 0 Å². The van der Waals surface area contributed by atoms with Gasteiger partial charge in [0.05, 0.1) is 5.56 Å². The summed E-state index contributed by atoms with van der Waals surface area (Å²) in [6.07, 6.45) is 6.71. The van der Waals surface area contributed by atoms with Crippen LogP contribution in [0.4, 0.5) is 4.39 Å². The molecule has 0 fully saturated rings. The number of esters is 1. The minimum atomic E-state index is -0.423. The van der Waals surface area contributed by atoms with E-state index in [1.165, 1.54) is 6.07 Å². The maximum absolute atomic E-state index is 13.7. The first-order chi connectivity index (χ1) is 13.1. The highest BCUT2D eigenvalue weighted by Crippen LogP contribution is 2.24. The average molecular weight is 358 g/mol. The molecule has 0 aliphatic carbocycles. The van der Waals surface area contributed by atoms with Gasteiger partial charge in [-0.1, -0.05) is 36.4 Å². The quantitative estimate of drug-likeness (QED) is 0.338. The second-order valence-corrected chi connectivity index (χ2v) is 6.28. The molecule has 3 aromatic rings. The van der Waals surface area contributed by atoms with E-state index in [-0.39, 0.29) is 5.82 Å². The SMILES string of the molecule is C#CCCc1ccc(C(=O)Oc2ccc(-c3ccc(C)c(F)c3)cc2)cc1. The average Bonchev–Trinajstić information content (AvgIpc) is 2.69. The van der Waals surface area contributed by atoms with Gasteiger partial charge in [0.15, 0.2) is 0 Å². The van der Waals surface area contributed by atoms with E-state index in [4.69, 9.17) is 11.2 Å². The third-order valence-corrected chi connectivity index (χ3v) is 4.32. The number of carbonyl (C=O) groups excluding carboxylic acids is 1. The Bertz CT molecular complexity index is 980. The topological polar surface area (TPSA) is 26.3 Å². The highest BCUT2D eigenvalue weighted by molar-refractivity contribution is 5.91. The van der Waals surface area contributed by atoms with Gasteiger partial charge in [0, 0.05) is 6.42 Å². The number of benzene rings is 3. The molecule has 0 aliphatic rings. The summed E-state index contributed by atoms with van der Waals surface area (Å²) in [6, 6.07) is 19.3. The van der Waals surface area contributed by atoms with E-state index in [0.717, 1.165) is 23.1 Å². The Morgan fingerprint density at radius 2 is 1.67 bits per heavy atom. The molecule has 0 unspecified atom stereocenters. The lowest BCUT2D eigenvalue weighted by molar-refractivity contribution is 0.0735. The van der Waals surface area contributed by atoms with Crippen LogP contribution in [0.1, 0.15) is 27.9 Å². The highest BCUT2D eigenvalue weighted by Gasteiger charge is 2.09. The molecule has 0 heterocycles. The van der Waals surface area contributed by atoms with Crippen molar-refractivity contribution in [3.8, 4) is 29.2 Å². The fourth-order valence-corrected chi connectivity index (χ4v) is 2.68. The van der Waals surface area contributed by atoms with Crippen molar-refractivity contribution in [2.75, 3.05) is 0 Å². The van der Waals surface area contributed by atoms with Crippen molar-refractivity contribution in [3.63, 3.8) is 0 Å². The number of aryl methyl sites for hydroxylation is 2. The van der Waals surface area contributed by atoms with E-state index in [2.05, 4.69) is 5.92 Å². The fraction of sp³-hybridized carbons (Fsp3) is 0.125. The molecule has 3 rings (SSSR count). The van der Waals surface area contributed by atoms with Gasteiger partial charge in [0.2, 0.25) is 0 Å². The standard InChI is InChI=1S/C24H19FO2/c1-3-4-5-18-7-10-20(11-8-18)24(26)27-22-14-12-19(13-15-22)21-9-6-17(2)23(25)16-21/h1,6-16H,4-5H2,2H3.